The van der Waals surface area contributed by atoms with Gasteiger partial charge in [-0.3, -0.25) is 4.99 Å². The maximum Gasteiger partial charge on any atom is 0.188 e. The summed E-state index contributed by atoms with van der Waals surface area (Å²) >= 11 is 1.78. The van der Waals surface area contributed by atoms with Crippen LogP contribution < -0.4 is 11.1 Å². The lowest BCUT2D eigenvalue weighted by Gasteiger charge is -2.30. The van der Waals surface area contributed by atoms with E-state index in [2.05, 4.69) is 39.8 Å². The van der Waals surface area contributed by atoms with Crippen molar-refractivity contribution in [3.05, 3.63) is 22.4 Å². The van der Waals surface area contributed by atoms with Crippen molar-refractivity contribution in [3.8, 4) is 0 Å². The molecule has 0 aromatic carbocycles. The normalized spacial score (nSPS) is 17.3. The molecule has 21 heavy (non-hydrogen) atoms. The molecule has 1 saturated carbocycles. The summed E-state index contributed by atoms with van der Waals surface area (Å²) in [5, 5.41) is 5.30. The van der Waals surface area contributed by atoms with Gasteiger partial charge in [0.1, 0.15) is 0 Å². The Morgan fingerprint density at radius 2 is 2.24 bits per heavy atom. The quantitative estimate of drug-likeness (QED) is 0.601. The Hall–Kier alpha value is -1.07. The van der Waals surface area contributed by atoms with Crippen molar-refractivity contribution in [1.29, 1.82) is 0 Å². The zero-order chi connectivity index (χ0) is 14.9. The average molecular weight is 308 g/mol. The number of nitrogens with zero attached hydrogens (tertiary/aromatic N) is 2. The molecule has 1 aromatic rings. The first-order chi connectivity index (χ1) is 10.3. The van der Waals surface area contributed by atoms with Crippen LogP contribution in [0.5, 0.6) is 0 Å². The van der Waals surface area contributed by atoms with E-state index in [1.54, 1.807) is 11.3 Å². The molecular weight excluding hydrogens is 280 g/mol. The van der Waals surface area contributed by atoms with Crippen molar-refractivity contribution >= 4 is 17.3 Å². The largest absolute Gasteiger partial charge is 0.370 e. The van der Waals surface area contributed by atoms with Crippen molar-refractivity contribution < 1.29 is 0 Å². The van der Waals surface area contributed by atoms with Gasteiger partial charge in [-0.2, -0.15) is 0 Å². The van der Waals surface area contributed by atoms with Gasteiger partial charge in [0.2, 0.25) is 0 Å². The van der Waals surface area contributed by atoms with Crippen molar-refractivity contribution in [2.45, 2.75) is 44.6 Å². The number of likely N-dealkylation sites (N-methyl/N-ethyl adjacent to an activating group) is 1. The van der Waals surface area contributed by atoms with Gasteiger partial charge in [0.15, 0.2) is 5.96 Å². The van der Waals surface area contributed by atoms with Crippen LogP contribution in [0.3, 0.4) is 0 Å². The molecule has 3 N–H and O–H groups in total. The minimum absolute atomic E-state index is 0.573. The molecule has 0 spiro atoms. The zero-order valence-corrected chi connectivity index (χ0v) is 13.9. The number of hydrogen-bond acceptors (Lipinski definition) is 3. The van der Waals surface area contributed by atoms with E-state index in [0.717, 1.165) is 32.1 Å². The fourth-order valence-corrected chi connectivity index (χ4v) is 3.57. The molecule has 1 heterocycles. The van der Waals surface area contributed by atoms with Crippen LogP contribution in [0.25, 0.3) is 0 Å². The van der Waals surface area contributed by atoms with E-state index < -0.39 is 0 Å². The Labute approximate surface area is 132 Å². The molecule has 0 saturated heterocycles. The molecule has 1 aliphatic carbocycles. The van der Waals surface area contributed by atoms with E-state index >= 15 is 0 Å². The minimum Gasteiger partial charge on any atom is -0.370 e. The predicted octanol–water partition coefficient (Wildman–Crippen LogP) is 2.46. The summed E-state index contributed by atoms with van der Waals surface area (Å²) in [7, 11) is 2.21. The first-order valence-corrected chi connectivity index (χ1v) is 8.90. The number of aliphatic imine (C=N–C) groups is 1. The lowest BCUT2D eigenvalue weighted by molar-refractivity contribution is 0.196. The Balaban J connectivity index is 1.59. The summed E-state index contributed by atoms with van der Waals surface area (Å²) < 4.78 is 0. The highest BCUT2D eigenvalue weighted by atomic mass is 32.1. The molecule has 0 amide bonds. The van der Waals surface area contributed by atoms with Crippen molar-refractivity contribution in [2.24, 2.45) is 10.7 Å². The molecule has 0 bridgehead atoms. The number of hydrogen-bond donors (Lipinski definition) is 2. The van der Waals surface area contributed by atoms with E-state index in [0.29, 0.717) is 5.96 Å². The molecule has 0 atom stereocenters. The van der Waals surface area contributed by atoms with E-state index in [1.807, 2.05) is 0 Å². The Bertz CT molecular complexity index is 410. The highest BCUT2D eigenvalue weighted by Crippen LogP contribution is 2.21. The van der Waals surface area contributed by atoms with Gasteiger partial charge < -0.3 is 16.0 Å². The lowest BCUT2D eigenvalue weighted by Crippen LogP contribution is -2.37. The number of nitrogens with one attached hydrogen (secondary N) is 1. The van der Waals surface area contributed by atoms with Gasteiger partial charge in [-0.25, -0.2) is 0 Å². The molecule has 118 valence electrons. The Kier molecular flexibility index (Phi) is 7.03. The van der Waals surface area contributed by atoms with Gasteiger partial charge in [0.25, 0.3) is 0 Å². The molecule has 4 nitrogen and oxygen atoms in total. The lowest BCUT2D eigenvalue weighted by atomic mass is 9.94. The fraction of sp³-hybridized carbons (Fsp3) is 0.688. The van der Waals surface area contributed by atoms with Crippen LogP contribution in [-0.4, -0.2) is 43.6 Å². The first kappa shape index (κ1) is 16.3. The van der Waals surface area contributed by atoms with Gasteiger partial charge in [-0.05, 0) is 37.8 Å². The second-order valence-corrected chi connectivity index (χ2v) is 6.83. The second-order valence-electron chi connectivity index (χ2n) is 5.80. The van der Waals surface area contributed by atoms with Crippen LogP contribution in [-0.2, 0) is 6.42 Å². The smallest absolute Gasteiger partial charge is 0.188 e. The van der Waals surface area contributed by atoms with Crippen molar-refractivity contribution in [3.63, 3.8) is 0 Å². The van der Waals surface area contributed by atoms with E-state index in [4.69, 9.17) is 5.73 Å². The number of thiophene rings is 1. The second kappa shape index (κ2) is 9.05. The molecule has 0 radical (unpaired) electrons. The van der Waals surface area contributed by atoms with Gasteiger partial charge >= 0.3 is 0 Å². The molecule has 1 fully saturated rings. The topological polar surface area (TPSA) is 53.6 Å². The van der Waals surface area contributed by atoms with Crippen LogP contribution in [0.1, 0.15) is 37.0 Å². The third kappa shape index (κ3) is 6.06. The maximum atomic E-state index is 5.90. The SMILES string of the molecule is CN(CCN=C(N)NCCc1cccs1)C1CCCCC1. The van der Waals surface area contributed by atoms with Gasteiger partial charge in [-0.1, -0.05) is 25.3 Å². The maximum absolute atomic E-state index is 5.90. The summed E-state index contributed by atoms with van der Waals surface area (Å²) in [4.78, 5) is 8.25. The van der Waals surface area contributed by atoms with Gasteiger partial charge in [-0.15, -0.1) is 11.3 Å². The van der Waals surface area contributed by atoms with Crippen LogP contribution in [0.2, 0.25) is 0 Å². The Morgan fingerprint density at radius 1 is 1.43 bits per heavy atom. The number of rotatable bonds is 7. The summed E-state index contributed by atoms with van der Waals surface area (Å²) in [5.74, 6) is 0.573. The average Bonchev–Trinajstić information content (AvgIpc) is 3.01. The molecule has 1 aromatic heterocycles. The third-order valence-electron chi connectivity index (χ3n) is 4.19. The summed E-state index contributed by atoms with van der Waals surface area (Å²) in [6, 6.07) is 4.99. The number of nitrogens with two attached hydrogens (primary N) is 1. The van der Waals surface area contributed by atoms with E-state index in [-0.39, 0.29) is 0 Å². The molecule has 2 rings (SSSR count). The fourth-order valence-electron chi connectivity index (χ4n) is 2.86. The predicted molar refractivity (Wildman–Crippen MR) is 92.0 cm³/mol. The standard InChI is InChI=1S/C16H28N4S/c1-20(14-6-3-2-4-7-14)12-11-19-16(17)18-10-9-15-8-5-13-21-15/h5,8,13-14H,2-4,6-7,9-12H2,1H3,(H3,17,18,19). The molecule has 5 heteroatoms. The van der Waals surface area contributed by atoms with Crippen LogP contribution in [0.4, 0.5) is 0 Å². The van der Waals surface area contributed by atoms with Crippen molar-refractivity contribution in [2.75, 3.05) is 26.7 Å². The molecule has 1 aliphatic rings. The minimum atomic E-state index is 0.573. The van der Waals surface area contributed by atoms with Crippen molar-refractivity contribution in [1.82, 2.24) is 10.2 Å². The van der Waals surface area contributed by atoms with E-state index in [9.17, 15) is 0 Å². The monoisotopic (exact) mass is 308 g/mol. The number of guanidine groups is 1. The highest BCUT2D eigenvalue weighted by Gasteiger charge is 2.17. The van der Waals surface area contributed by atoms with Crippen LogP contribution in [0, 0.1) is 0 Å². The van der Waals surface area contributed by atoms with Gasteiger partial charge in [0.05, 0.1) is 6.54 Å². The summed E-state index contributed by atoms with van der Waals surface area (Å²) in [5.41, 5.74) is 5.90. The highest BCUT2D eigenvalue weighted by molar-refractivity contribution is 7.09. The van der Waals surface area contributed by atoms with E-state index in [1.165, 1.54) is 37.0 Å². The van der Waals surface area contributed by atoms with Crippen LogP contribution in [0.15, 0.2) is 22.5 Å². The molecule has 0 aliphatic heterocycles. The molecular formula is C16H28N4S. The summed E-state index contributed by atoms with van der Waals surface area (Å²) in [6.45, 7) is 2.64. The first-order valence-electron chi connectivity index (χ1n) is 8.02. The van der Waals surface area contributed by atoms with Gasteiger partial charge in [0, 0.05) is 24.0 Å². The zero-order valence-electron chi connectivity index (χ0n) is 13.1. The third-order valence-corrected chi connectivity index (χ3v) is 5.13. The Morgan fingerprint density at radius 3 is 2.95 bits per heavy atom. The van der Waals surface area contributed by atoms with Crippen LogP contribution >= 0.6 is 11.3 Å². The molecule has 0 unspecified atom stereocenters. The summed E-state index contributed by atoms with van der Waals surface area (Å²) in [6.07, 6.45) is 7.86.